The molecule has 1 N–H and O–H groups in total. The van der Waals surface area contributed by atoms with E-state index in [-0.39, 0.29) is 6.10 Å². The molecule has 2 rings (SSSR count). The van der Waals surface area contributed by atoms with Crippen molar-refractivity contribution in [3.8, 4) is 0 Å². The molecule has 0 aromatic heterocycles. The van der Waals surface area contributed by atoms with E-state index in [4.69, 9.17) is 23.2 Å². The van der Waals surface area contributed by atoms with Crippen LogP contribution < -0.4 is 0 Å². The smallest absolute Gasteiger partial charge is 0.0796 e. The Bertz CT molecular complexity index is 323. The number of fused-ring (bicyclic) bond motifs is 1. The van der Waals surface area contributed by atoms with Gasteiger partial charge in [-0.1, -0.05) is 23.2 Å². The lowest BCUT2D eigenvalue weighted by atomic mass is 10.1. The van der Waals surface area contributed by atoms with Gasteiger partial charge in [-0.15, -0.1) is 0 Å². The van der Waals surface area contributed by atoms with Crippen molar-refractivity contribution in [3.63, 3.8) is 0 Å². The van der Waals surface area contributed by atoms with Crippen LogP contribution in [0, 0.1) is 0 Å². The summed E-state index contributed by atoms with van der Waals surface area (Å²) in [7, 11) is 0. The zero-order valence-corrected chi connectivity index (χ0v) is 7.86. The molecule has 0 heterocycles. The summed E-state index contributed by atoms with van der Waals surface area (Å²) in [5, 5.41) is 10.8. The lowest BCUT2D eigenvalue weighted by Crippen LogP contribution is -1.90. The van der Waals surface area contributed by atoms with Crippen LogP contribution >= 0.6 is 23.2 Å². The van der Waals surface area contributed by atoms with E-state index >= 15 is 0 Å². The first-order chi connectivity index (χ1) is 5.68. The van der Waals surface area contributed by atoms with Crippen molar-refractivity contribution in [1.82, 2.24) is 0 Å². The van der Waals surface area contributed by atoms with Gasteiger partial charge < -0.3 is 5.11 Å². The van der Waals surface area contributed by atoms with Crippen LogP contribution in [0.25, 0.3) is 0 Å². The van der Waals surface area contributed by atoms with Gasteiger partial charge >= 0.3 is 0 Å². The van der Waals surface area contributed by atoms with Gasteiger partial charge in [-0.3, -0.25) is 0 Å². The van der Waals surface area contributed by atoms with Gasteiger partial charge in [0.15, 0.2) is 0 Å². The summed E-state index contributed by atoms with van der Waals surface area (Å²) in [5.74, 6) is 0. The number of aliphatic hydroxyl groups is 1. The molecule has 1 aromatic rings. The molecular weight excluding hydrogens is 195 g/mol. The quantitative estimate of drug-likeness (QED) is 0.687. The number of rotatable bonds is 0. The summed E-state index contributed by atoms with van der Waals surface area (Å²) in [6, 6.07) is 3.51. The van der Waals surface area contributed by atoms with Gasteiger partial charge in [0.2, 0.25) is 0 Å². The lowest BCUT2D eigenvalue weighted by Gasteiger charge is -2.05. The Kier molecular flexibility index (Phi) is 2.03. The Hall–Kier alpha value is -0.240. The third-order valence-electron chi connectivity index (χ3n) is 2.22. The highest BCUT2D eigenvalue weighted by molar-refractivity contribution is 6.35. The first-order valence-corrected chi connectivity index (χ1v) is 4.60. The molecule has 12 heavy (non-hydrogen) atoms. The monoisotopic (exact) mass is 202 g/mol. The first-order valence-electron chi connectivity index (χ1n) is 3.84. The molecule has 0 amide bonds. The molecule has 64 valence electrons. The molecule has 0 saturated carbocycles. The summed E-state index contributed by atoms with van der Waals surface area (Å²) >= 11 is 11.7. The second-order valence-electron chi connectivity index (χ2n) is 3.01. The predicted octanol–water partition coefficient (Wildman–Crippen LogP) is 2.97. The fraction of sp³-hybridized carbons (Fsp3) is 0.333. The fourth-order valence-corrected chi connectivity index (χ4v) is 2.22. The molecule has 0 bridgehead atoms. The molecule has 3 heteroatoms. The zero-order valence-electron chi connectivity index (χ0n) is 6.35. The maximum absolute atomic E-state index is 9.51. The van der Waals surface area contributed by atoms with Crippen LogP contribution in [0.4, 0.5) is 0 Å². The molecule has 0 unspecified atom stereocenters. The van der Waals surface area contributed by atoms with Crippen molar-refractivity contribution in [1.29, 1.82) is 0 Å². The number of hydrogen-bond donors (Lipinski definition) is 1. The van der Waals surface area contributed by atoms with Crippen LogP contribution in [0.3, 0.4) is 0 Å². The Labute approximate surface area is 80.9 Å². The summed E-state index contributed by atoms with van der Waals surface area (Å²) in [5.41, 5.74) is 1.95. The SMILES string of the molecule is O[C@H]1CCc2c(Cl)cc(Cl)cc21. The Morgan fingerprint density at radius 2 is 2.08 bits per heavy atom. The molecule has 1 aliphatic carbocycles. The van der Waals surface area contributed by atoms with Crippen LogP contribution in [-0.2, 0) is 6.42 Å². The van der Waals surface area contributed by atoms with Gasteiger partial charge in [-0.2, -0.15) is 0 Å². The topological polar surface area (TPSA) is 20.2 Å². The van der Waals surface area contributed by atoms with E-state index < -0.39 is 0 Å². The third-order valence-corrected chi connectivity index (χ3v) is 2.78. The second-order valence-corrected chi connectivity index (χ2v) is 3.85. The highest BCUT2D eigenvalue weighted by Gasteiger charge is 2.22. The van der Waals surface area contributed by atoms with Crippen LogP contribution in [0.5, 0.6) is 0 Å². The number of hydrogen-bond acceptors (Lipinski definition) is 1. The van der Waals surface area contributed by atoms with Crippen LogP contribution in [0.15, 0.2) is 12.1 Å². The van der Waals surface area contributed by atoms with E-state index in [9.17, 15) is 5.11 Å². The van der Waals surface area contributed by atoms with Gasteiger partial charge in [0.05, 0.1) is 6.10 Å². The third kappa shape index (κ3) is 1.22. The van der Waals surface area contributed by atoms with Gasteiger partial charge in [0, 0.05) is 10.0 Å². The van der Waals surface area contributed by atoms with Crippen molar-refractivity contribution < 1.29 is 5.11 Å². The molecule has 1 atom stereocenters. The van der Waals surface area contributed by atoms with Crippen molar-refractivity contribution in [2.45, 2.75) is 18.9 Å². The Morgan fingerprint density at radius 3 is 2.83 bits per heavy atom. The maximum Gasteiger partial charge on any atom is 0.0796 e. The highest BCUT2D eigenvalue weighted by Crippen LogP contribution is 2.37. The molecule has 1 aliphatic rings. The van der Waals surface area contributed by atoms with E-state index in [1.54, 1.807) is 12.1 Å². The average molecular weight is 203 g/mol. The van der Waals surface area contributed by atoms with Crippen molar-refractivity contribution in [2.24, 2.45) is 0 Å². The molecule has 0 aliphatic heterocycles. The maximum atomic E-state index is 9.51. The highest BCUT2D eigenvalue weighted by atomic mass is 35.5. The average Bonchev–Trinajstić information content (AvgIpc) is 2.33. The minimum absolute atomic E-state index is 0.379. The lowest BCUT2D eigenvalue weighted by molar-refractivity contribution is 0.180. The van der Waals surface area contributed by atoms with E-state index in [0.717, 1.165) is 24.0 Å². The second kappa shape index (κ2) is 2.91. The number of halogens is 2. The van der Waals surface area contributed by atoms with E-state index in [0.29, 0.717) is 10.0 Å². The summed E-state index contributed by atoms with van der Waals surface area (Å²) in [4.78, 5) is 0. The predicted molar refractivity (Wildman–Crippen MR) is 49.7 cm³/mol. The summed E-state index contributed by atoms with van der Waals surface area (Å²) in [6.07, 6.45) is 1.23. The number of aliphatic hydroxyl groups excluding tert-OH is 1. The Morgan fingerprint density at radius 1 is 1.33 bits per heavy atom. The molecule has 0 saturated heterocycles. The van der Waals surface area contributed by atoms with Crippen molar-refractivity contribution in [3.05, 3.63) is 33.3 Å². The molecular formula is C9H8Cl2O. The van der Waals surface area contributed by atoms with E-state index in [1.807, 2.05) is 0 Å². The molecule has 1 nitrogen and oxygen atoms in total. The van der Waals surface area contributed by atoms with E-state index in [1.165, 1.54) is 0 Å². The van der Waals surface area contributed by atoms with Gasteiger partial charge in [-0.05, 0) is 36.1 Å². The molecule has 0 fully saturated rings. The Balaban J connectivity index is 2.60. The molecule has 1 aromatic carbocycles. The number of benzene rings is 1. The summed E-state index contributed by atoms with van der Waals surface area (Å²) < 4.78 is 0. The first kappa shape index (κ1) is 8.36. The van der Waals surface area contributed by atoms with Crippen LogP contribution in [0.2, 0.25) is 10.0 Å². The van der Waals surface area contributed by atoms with Gasteiger partial charge in [0.1, 0.15) is 0 Å². The minimum atomic E-state index is -0.379. The normalized spacial score (nSPS) is 21.1. The van der Waals surface area contributed by atoms with Crippen LogP contribution in [-0.4, -0.2) is 5.11 Å². The molecule has 0 radical (unpaired) electrons. The molecule has 0 spiro atoms. The minimum Gasteiger partial charge on any atom is -0.388 e. The fourth-order valence-electron chi connectivity index (χ4n) is 1.62. The van der Waals surface area contributed by atoms with Crippen molar-refractivity contribution >= 4 is 23.2 Å². The largest absolute Gasteiger partial charge is 0.388 e. The standard InChI is InChI=1S/C9H8Cl2O/c10-5-3-7-6(8(11)4-5)1-2-9(7)12/h3-4,9,12H,1-2H2/t9-/m0/s1. The van der Waals surface area contributed by atoms with Gasteiger partial charge in [0.25, 0.3) is 0 Å². The zero-order chi connectivity index (χ0) is 8.72. The summed E-state index contributed by atoms with van der Waals surface area (Å²) in [6.45, 7) is 0. The van der Waals surface area contributed by atoms with E-state index in [2.05, 4.69) is 0 Å². The van der Waals surface area contributed by atoms with Crippen molar-refractivity contribution in [2.75, 3.05) is 0 Å². The van der Waals surface area contributed by atoms with Gasteiger partial charge in [-0.25, -0.2) is 0 Å². The van der Waals surface area contributed by atoms with Crippen LogP contribution in [0.1, 0.15) is 23.7 Å².